The van der Waals surface area contributed by atoms with Crippen LogP contribution in [0.1, 0.15) is 17.4 Å². The fourth-order valence-corrected chi connectivity index (χ4v) is 2.27. The van der Waals surface area contributed by atoms with Gasteiger partial charge in [-0.25, -0.2) is 4.98 Å². The lowest BCUT2D eigenvalue weighted by Gasteiger charge is -1.99. The number of rotatable bonds is 2. The summed E-state index contributed by atoms with van der Waals surface area (Å²) < 4.78 is 0. The molecular formula is C11H8ClNOS. The van der Waals surface area contributed by atoms with Crippen molar-refractivity contribution in [3.05, 3.63) is 40.5 Å². The Hall–Kier alpha value is -1.19. The van der Waals surface area contributed by atoms with Gasteiger partial charge in [0.1, 0.15) is 5.69 Å². The SMILES string of the molecule is CC(=O)c1ncsc1-c1ccc(Cl)cc1. The van der Waals surface area contributed by atoms with E-state index in [0.29, 0.717) is 10.7 Å². The van der Waals surface area contributed by atoms with Crippen molar-refractivity contribution in [3.63, 3.8) is 0 Å². The topological polar surface area (TPSA) is 30.0 Å². The average molecular weight is 238 g/mol. The second-order valence-corrected chi connectivity index (χ2v) is 4.38. The molecule has 76 valence electrons. The van der Waals surface area contributed by atoms with Gasteiger partial charge in [-0.2, -0.15) is 0 Å². The second-order valence-electron chi connectivity index (χ2n) is 3.09. The molecular weight excluding hydrogens is 230 g/mol. The van der Waals surface area contributed by atoms with E-state index in [4.69, 9.17) is 11.6 Å². The minimum absolute atomic E-state index is 0.0128. The number of thiazole rings is 1. The standard InChI is InChI=1S/C11H8ClNOS/c1-7(14)10-11(15-6-13-10)8-2-4-9(12)5-3-8/h2-6H,1H3. The van der Waals surface area contributed by atoms with Gasteiger partial charge in [-0.15, -0.1) is 11.3 Å². The van der Waals surface area contributed by atoms with Crippen LogP contribution in [0, 0.1) is 0 Å². The van der Waals surface area contributed by atoms with E-state index in [2.05, 4.69) is 4.98 Å². The van der Waals surface area contributed by atoms with E-state index in [1.54, 1.807) is 17.6 Å². The molecule has 0 aliphatic rings. The molecule has 0 radical (unpaired) electrons. The summed E-state index contributed by atoms with van der Waals surface area (Å²) >= 11 is 7.26. The molecule has 1 aromatic heterocycles. The van der Waals surface area contributed by atoms with Crippen molar-refractivity contribution in [3.8, 4) is 10.4 Å². The zero-order valence-electron chi connectivity index (χ0n) is 8.03. The van der Waals surface area contributed by atoms with Gasteiger partial charge in [0.15, 0.2) is 5.78 Å². The maximum atomic E-state index is 11.3. The van der Waals surface area contributed by atoms with Gasteiger partial charge in [-0.3, -0.25) is 4.79 Å². The van der Waals surface area contributed by atoms with Crippen molar-refractivity contribution in [2.24, 2.45) is 0 Å². The van der Waals surface area contributed by atoms with E-state index in [9.17, 15) is 4.79 Å². The molecule has 0 N–H and O–H groups in total. The van der Waals surface area contributed by atoms with E-state index in [1.807, 2.05) is 12.1 Å². The summed E-state index contributed by atoms with van der Waals surface area (Å²) in [4.78, 5) is 16.2. The molecule has 0 atom stereocenters. The van der Waals surface area contributed by atoms with Crippen molar-refractivity contribution in [2.45, 2.75) is 6.92 Å². The molecule has 4 heteroatoms. The summed E-state index contributed by atoms with van der Waals surface area (Å²) in [6.07, 6.45) is 0. The van der Waals surface area contributed by atoms with Crippen LogP contribution in [0.3, 0.4) is 0 Å². The molecule has 2 nitrogen and oxygen atoms in total. The first-order valence-corrected chi connectivity index (χ1v) is 5.64. The maximum Gasteiger partial charge on any atom is 0.179 e. The van der Waals surface area contributed by atoms with Crippen LogP contribution in [0.15, 0.2) is 29.8 Å². The number of carbonyl (C=O) groups is 1. The zero-order chi connectivity index (χ0) is 10.8. The Morgan fingerprint density at radius 3 is 2.60 bits per heavy atom. The number of Topliss-reactive ketones (excluding diaryl/α,β-unsaturated/α-hetero) is 1. The highest BCUT2D eigenvalue weighted by molar-refractivity contribution is 7.13. The highest BCUT2D eigenvalue weighted by Gasteiger charge is 2.11. The van der Waals surface area contributed by atoms with E-state index in [1.165, 1.54) is 18.3 Å². The Balaban J connectivity index is 2.49. The highest BCUT2D eigenvalue weighted by atomic mass is 35.5. The van der Waals surface area contributed by atoms with Crippen molar-refractivity contribution in [1.82, 2.24) is 4.98 Å². The molecule has 0 saturated carbocycles. The molecule has 0 aliphatic carbocycles. The number of aromatic nitrogens is 1. The van der Waals surface area contributed by atoms with Crippen molar-refractivity contribution in [1.29, 1.82) is 0 Å². The quantitative estimate of drug-likeness (QED) is 0.746. The number of nitrogens with zero attached hydrogens (tertiary/aromatic N) is 1. The number of benzene rings is 1. The fraction of sp³-hybridized carbons (Fsp3) is 0.0909. The first kappa shape index (κ1) is 10.3. The molecule has 0 bridgehead atoms. The summed E-state index contributed by atoms with van der Waals surface area (Å²) in [5.41, 5.74) is 3.19. The summed E-state index contributed by atoms with van der Waals surface area (Å²) in [6.45, 7) is 1.52. The average Bonchev–Trinajstić information content (AvgIpc) is 2.67. The smallest absolute Gasteiger partial charge is 0.179 e. The molecule has 0 aliphatic heterocycles. The number of hydrogen-bond acceptors (Lipinski definition) is 3. The third-order valence-corrected chi connectivity index (χ3v) is 3.13. The van der Waals surface area contributed by atoms with E-state index in [0.717, 1.165) is 10.4 Å². The molecule has 2 rings (SSSR count). The van der Waals surface area contributed by atoms with Crippen LogP contribution >= 0.6 is 22.9 Å². The minimum Gasteiger partial charge on any atom is -0.293 e. The molecule has 0 amide bonds. The normalized spacial score (nSPS) is 10.3. The maximum absolute atomic E-state index is 11.3. The van der Waals surface area contributed by atoms with Crippen LogP contribution in [0.25, 0.3) is 10.4 Å². The lowest BCUT2D eigenvalue weighted by molar-refractivity contribution is 0.101. The highest BCUT2D eigenvalue weighted by Crippen LogP contribution is 2.28. The molecule has 1 aromatic carbocycles. The number of halogens is 1. The van der Waals surface area contributed by atoms with Crippen LogP contribution in [0.5, 0.6) is 0 Å². The predicted octanol–water partition coefficient (Wildman–Crippen LogP) is 3.67. The van der Waals surface area contributed by atoms with Gasteiger partial charge in [0, 0.05) is 11.9 Å². The van der Waals surface area contributed by atoms with Crippen LogP contribution in [-0.4, -0.2) is 10.8 Å². The molecule has 0 saturated heterocycles. The minimum atomic E-state index is -0.0128. The van der Waals surface area contributed by atoms with Crippen LogP contribution < -0.4 is 0 Å². The fourth-order valence-electron chi connectivity index (χ4n) is 1.30. The van der Waals surface area contributed by atoms with Gasteiger partial charge >= 0.3 is 0 Å². The van der Waals surface area contributed by atoms with Crippen molar-refractivity contribution < 1.29 is 4.79 Å². The van der Waals surface area contributed by atoms with Crippen LogP contribution in [-0.2, 0) is 0 Å². The predicted molar refractivity (Wildman–Crippen MR) is 62.6 cm³/mol. The Morgan fingerprint density at radius 1 is 1.33 bits per heavy atom. The van der Waals surface area contributed by atoms with Crippen molar-refractivity contribution in [2.75, 3.05) is 0 Å². The summed E-state index contributed by atoms with van der Waals surface area (Å²) in [5.74, 6) is -0.0128. The Bertz CT molecular complexity index is 490. The summed E-state index contributed by atoms with van der Waals surface area (Å²) in [7, 11) is 0. The number of hydrogen-bond donors (Lipinski definition) is 0. The number of carbonyl (C=O) groups excluding carboxylic acids is 1. The molecule has 1 heterocycles. The third-order valence-electron chi connectivity index (χ3n) is 2.01. The lowest BCUT2D eigenvalue weighted by atomic mass is 10.1. The van der Waals surface area contributed by atoms with Gasteiger partial charge in [-0.1, -0.05) is 23.7 Å². The van der Waals surface area contributed by atoms with Crippen LogP contribution in [0.2, 0.25) is 5.02 Å². The van der Waals surface area contributed by atoms with Gasteiger partial charge < -0.3 is 0 Å². The molecule has 0 fully saturated rings. The summed E-state index contributed by atoms with van der Waals surface area (Å²) in [6, 6.07) is 7.39. The van der Waals surface area contributed by atoms with Gasteiger partial charge in [0.05, 0.1) is 10.4 Å². The first-order valence-electron chi connectivity index (χ1n) is 4.39. The van der Waals surface area contributed by atoms with Crippen molar-refractivity contribution >= 4 is 28.7 Å². The molecule has 0 spiro atoms. The molecule has 2 aromatic rings. The Morgan fingerprint density at radius 2 is 2.00 bits per heavy atom. The van der Waals surface area contributed by atoms with Gasteiger partial charge in [-0.05, 0) is 17.7 Å². The monoisotopic (exact) mass is 237 g/mol. The first-order chi connectivity index (χ1) is 7.18. The molecule has 15 heavy (non-hydrogen) atoms. The largest absolute Gasteiger partial charge is 0.293 e. The van der Waals surface area contributed by atoms with Gasteiger partial charge in [0.25, 0.3) is 0 Å². The Labute approximate surface area is 96.5 Å². The summed E-state index contributed by atoms with van der Waals surface area (Å²) in [5, 5.41) is 0.688. The van der Waals surface area contributed by atoms with E-state index >= 15 is 0 Å². The second kappa shape index (κ2) is 4.13. The Kier molecular flexibility index (Phi) is 2.84. The van der Waals surface area contributed by atoms with Gasteiger partial charge in [0.2, 0.25) is 0 Å². The van der Waals surface area contributed by atoms with Crippen LogP contribution in [0.4, 0.5) is 0 Å². The lowest BCUT2D eigenvalue weighted by Crippen LogP contribution is -1.94. The van der Waals surface area contributed by atoms with E-state index < -0.39 is 0 Å². The van der Waals surface area contributed by atoms with E-state index in [-0.39, 0.29) is 5.78 Å². The number of ketones is 1. The zero-order valence-corrected chi connectivity index (χ0v) is 9.60. The molecule has 0 unspecified atom stereocenters. The third kappa shape index (κ3) is 2.08.